The Balaban J connectivity index is 2.45. The van der Waals surface area contributed by atoms with Gasteiger partial charge in [-0.3, -0.25) is 0 Å². The first-order valence-corrected chi connectivity index (χ1v) is 8.49. The van der Waals surface area contributed by atoms with Crippen LogP contribution in [0.15, 0.2) is 0 Å². The minimum Gasteiger partial charge on any atom is -0.358 e. The van der Waals surface area contributed by atoms with E-state index in [1.165, 1.54) is 0 Å². The Morgan fingerprint density at radius 3 is 1.71 bits per heavy atom. The molecule has 0 saturated heterocycles. The van der Waals surface area contributed by atoms with Gasteiger partial charge in [-0.15, -0.1) is 0 Å². The van der Waals surface area contributed by atoms with Crippen LogP contribution >= 0.6 is 0 Å². The second-order valence-electron chi connectivity index (χ2n) is 1.38. The van der Waals surface area contributed by atoms with Crippen LogP contribution in [-0.4, -0.2) is 29.2 Å². The van der Waals surface area contributed by atoms with Gasteiger partial charge in [0.25, 0.3) is 0 Å². The molecule has 0 bridgehead atoms. The minimum atomic E-state index is 0.0347. The van der Waals surface area contributed by atoms with E-state index < -0.39 is 0 Å². The predicted octanol–water partition coefficient (Wildman–Crippen LogP) is -2.57. The van der Waals surface area contributed by atoms with Crippen molar-refractivity contribution >= 4 is 29.2 Å². The zero-order chi connectivity index (χ0) is 5.54. The summed E-state index contributed by atoms with van der Waals surface area (Å²) < 4.78 is 6.90. The molecular formula is C2H14N2Si3. The average Bonchev–Trinajstić information content (AvgIpc) is 1.69. The van der Waals surface area contributed by atoms with Crippen LogP contribution in [0.2, 0.25) is 13.1 Å². The maximum atomic E-state index is 3.45. The fourth-order valence-electron chi connectivity index (χ4n) is 0.338. The van der Waals surface area contributed by atoms with Crippen LogP contribution in [0.5, 0.6) is 0 Å². The van der Waals surface area contributed by atoms with Crippen molar-refractivity contribution in [2.24, 2.45) is 0 Å². The molecule has 0 saturated carbocycles. The Labute approximate surface area is 52.2 Å². The van der Waals surface area contributed by atoms with Crippen molar-refractivity contribution in [3.63, 3.8) is 0 Å². The lowest BCUT2D eigenvalue weighted by Gasteiger charge is -1.96. The van der Waals surface area contributed by atoms with Gasteiger partial charge >= 0.3 is 0 Å². The van der Waals surface area contributed by atoms with Gasteiger partial charge in [-0.05, 0) is 0 Å². The fraction of sp³-hybridized carbons (Fsp3) is 1.00. The summed E-state index contributed by atoms with van der Waals surface area (Å²) in [5.74, 6) is 0. The minimum absolute atomic E-state index is 0.0347. The summed E-state index contributed by atoms with van der Waals surface area (Å²) >= 11 is 0. The van der Waals surface area contributed by atoms with E-state index >= 15 is 0 Å². The van der Waals surface area contributed by atoms with Crippen molar-refractivity contribution in [2.75, 3.05) is 0 Å². The largest absolute Gasteiger partial charge is 0.358 e. The molecule has 0 atom stereocenters. The van der Waals surface area contributed by atoms with Gasteiger partial charge in [-0.2, -0.15) is 0 Å². The van der Waals surface area contributed by atoms with Crippen LogP contribution < -0.4 is 9.30 Å². The van der Waals surface area contributed by atoms with Crippen molar-refractivity contribution in [1.29, 1.82) is 0 Å². The number of hydrogen-bond donors (Lipinski definition) is 2. The second kappa shape index (κ2) is 6.57. The molecule has 0 fully saturated rings. The van der Waals surface area contributed by atoms with E-state index in [4.69, 9.17) is 0 Å². The quantitative estimate of drug-likeness (QED) is 0.340. The number of nitrogens with one attached hydrogen (secondary N) is 2. The van der Waals surface area contributed by atoms with Crippen LogP contribution in [0, 0.1) is 0 Å². The van der Waals surface area contributed by atoms with Gasteiger partial charge in [0, 0.05) is 0 Å². The van der Waals surface area contributed by atoms with Crippen molar-refractivity contribution < 1.29 is 0 Å². The monoisotopic (exact) mass is 150 g/mol. The van der Waals surface area contributed by atoms with E-state index in [-0.39, 0.29) is 29.2 Å². The summed E-state index contributed by atoms with van der Waals surface area (Å²) in [6, 6.07) is 0. The van der Waals surface area contributed by atoms with Gasteiger partial charge in [0.05, 0.1) is 19.4 Å². The number of rotatable bonds is 4. The highest BCUT2D eigenvalue weighted by Gasteiger charge is 1.77. The van der Waals surface area contributed by atoms with E-state index in [0.717, 1.165) is 0 Å². The third-order valence-electron chi connectivity index (χ3n) is 0.750. The van der Waals surface area contributed by atoms with Crippen LogP contribution in [0.3, 0.4) is 0 Å². The molecule has 44 valence electrons. The van der Waals surface area contributed by atoms with Gasteiger partial charge in [0.1, 0.15) is 0 Å². The van der Waals surface area contributed by atoms with Crippen LogP contribution in [-0.2, 0) is 0 Å². The molecule has 0 aromatic heterocycles. The van der Waals surface area contributed by atoms with Crippen molar-refractivity contribution in [1.82, 2.24) is 9.30 Å². The number of hydrogen-bond acceptors (Lipinski definition) is 2. The SMILES string of the molecule is C[SiH2]N[SiH2]N[SiH2]C. The Morgan fingerprint density at radius 2 is 1.43 bits per heavy atom. The van der Waals surface area contributed by atoms with Crippen LogP contribution in [0.1, 0.15) is 0 Å². The smallest absolute Gasteiger partial charge is 0.153 e. The third-order valence-corrected chi connectivity index (χ3v) is 6.75. The molecule has 2 N–H and O–H groups in total. The molecule has 0 spiro atoms. The predicted molar refractivity (Wildman–Crippen MR) is 43.6 cm³/mol. The van der Waals surface area contributed by atoms with Gasteiger partial charge < -0.3 is 9.30 Å². The average molecular weight is 150 g/mol. The lowest BCUT2D eigenvalue weighted by molar-refractivity contribution is 1.43. The summed E-state index contributed by atoms with van der Waals surface area (Å²) in [6.45, 7) is 4.57. The lowest BCUT2D eigenvalue weighted by atomic mass is 11.9. The summed E-state index contributed by atoms with van der Waals surface area (Å²) in [5, 5.41) is 0. The highest BCUT2D eigenvalue weighted by Crippen LogP contribution is 1.43. The summed E-state index contributed by atoms with van der Waals surface area (Å²) in [5.41, 5.74) is 0. The summed E-state index contributed by atoms with van der Waals surface area (Å²) in [4.78, 5) is 0. The highest BCUT2D eigenvalue weighted by atomic mass is 28.3. The van der Waals surface area contributed by atoms with Crippen molar-refractivity contribution in [3.05, 3.63) is 0 Å². The van der Waals surface area contributed by atoms with Gasteiger partial charge in [-0.25, -0.2) is 0 Å². The van der Waals surface area contributed by atoms with E-state index in [2.05, 4.69) is 22.4 Å². The molecule has 2 nitrogen and oxygen atoms in total. The van der Waals surface area contributed by atoms with E-state index in [9.17, 15) is 0 Å². The topological polar surface area (TPSA) is 24.1 Å². The van der Waals surface area contributed by atoms with Crippen molar-refractivity contribution in [3.8, 4) is 0 Å². The van der Waals surface area contributed by atoms with Gasteiger partial charge in [0.15, 0.2) is 9.84 Å². The maximum absolute atomic E-state index is 3.45. The molecular weight excluding hydrogens is 136 g/mol. The third kappa shape index (κ3) is 6.57. The van der Waals surface area contributed by atoms with Crippen LogP contribution in [0.4, 0.5) is 0 Å². The van der Waals surface area contributed by atoms with E-state index in [1.54, 1.807) is 0 Å². The zero-order valence-electron chi connectivity index (χ0n) is 5.12. The molecule has 0 aliphatic carbocycles. The fourth-order valence-corrected chi connectivity index (χ4v) is 4.64. The summed E-state index contributed by atoms with van der Waals surface area (Å²) in [7, 11) is 0.365. The highest BCUT2D eigenvalue weighted by molar-refractivity contribution is 6.55. The van der Waals surface area contributed by atoms with Crippen molar-refractivity contribution in [2.45, 2.75) is 13.1 Å². The Hall–Kier alpha value is 0.571. The van der Waals surface area contributed by atoms with Gasteiger partial charge in [-0.1, -0.05) is 13.1 Å². The molecule has 5 heteroatoms. The first-order valence-electron chi connectivity index (χ1n) is 2.83. The van der Waals surface area contributed by atoms with Crippen LogP contribution in [0.25, 0.3) is 0 Å². The lowest BCUT2D eigenvalue weighted by Crippen LogP contribution is -2.35. The Kier molecular flexibility index (Phi) is 7.11. The Bertz CT molecular complexity index is 30.1. The maximum Gasteiger partial charge on any atom is 0.153 e. The zero-order valence-corrected chi connectivity index (χ0v) is 9.36. The summed E-state index contributed by atoms with van der Waals surface area (Å²) in [6.07, 6.45) is 0. The van der Waals surface area contributed by atoms with E-state index in [0.29, 0.717) is 0 Å². The molecule has 0 aromatic rings. The molecule has 0 amide bonds. The molecule has 0 rings (SSSR count). The molecule has 0 heterocycles. The Morgan fingerprint density at radius 1 is 1.00 bits per heavy atom. The molecule has 0 aromatic carbocycles. The molecule has 0 aliphatic rings. The first-order chi connectivity index (χ1) is 3.41. The molecule has 0 aliphatic heterocycles. The molecule has 0 radical (unpaired) electrons. The normalized spacial score (nSPS) is 14.6. The molecule has 7 heavy (non-hydrogen) atoms. The van der Waals surface area contributed by atoms with Gasteiger partial charge in [0.2, 0.25) is 0 Å². The first kappa shape index (κ1) is 7.57. The van der Waals surface area contributed by atoms with E-state index in [1.807, 2.05) is 0 Å². The molecule has 0 unspecified atom stereocenters. The standard InChI is InChI=1S/C2H14N2Si3/c1-5-3-7-4-6-2/h3-4H,5-7H2,1-2H3. The second-order valence-corrected chi connectivity index (χ2v) is 7.15.